The van der Waals surface area contributed by atoms with E-state index in [0.29, 0.717) is 11.1 Å². The summed E-state index contributed by atoms with van der Waals surface area (Å²) < 4.78 is 2.21. The van der Waals surface area contributed by atoms with Crippen molar-refractivity contribution in [2.75, 3.05) is 5.32 Å². The number of ketones is 1. The zero-order chi connectivity index (χ0) is 18.8. The third-order valence-electron chi connectivity index (χ3n) is 4.91. The molecular formula is C22H21N3O2. The van der Waals surface area contributed by atoms with Gasteiger partial charge in [0.15, 0.2) is 5.78 Å². The number of hydrogen-bond acceptors (Lipinski definition) is 3. The fourth-order valence-electron chi connectivity index (χ4n) is 3.41. The molecule has 1 aliphatic heterocycles. The van der Waals surface area contributed by atoms with Gasteiger partial charge in [0, 0.05) is 35.9 Å². The van der Waals surface area contributed by atoms with Gasteiger partial charge in [0.05, 0.1) is 11.4 Å². The summed E-state index contributed by atoms with van der Waals surface area (Å²) in [7, 11) is 0. The number of imidazole rings is 1. The standard InChI is InChI=1S/C22H21N3O2/c1-15(26)16-9-11-17(12-10-16)22(27)24-19-7-3-2-6-18(19)20-14-25-13-5-4-8-21(25)23-20/h2-3,6-7,9-12,14H,4-5,8,13H2,1H3,(H,24,27). The van der Waals surface area contributed by atoms with Crippen LogP contribution in [0.3, 0.4) is 0 Å². The van der Waals surface area contributed by atoms with Crippen LogP contribution in [-0.4, -0.2) is 21.2 Å². The summed E-state index contributed by atoms with van der Waals surface area (Å²) >= 11 is 0. The molecule has 0 atom stereocenters. The Bertz CT molecular complexity index is 979. The van der Waals surface area contributed by atoms with Crippen LogP contribution in [0.15, 0.2) is 54.7 Å². The van der Waals surface area contributed by atoms with Crippen molar-refractivity contribution in [2.24, 2.45) is 0 Å². The first-order valence-electron chi connectivity index (χ1n) is 9.19. The van der Waals surface area contributed by atoms with E-state index in [0.717, 1.165) is 35.7 Å². The molecule has 3 aromatic rings. The van der Waals surface area contributed by atoms with Gasteiger partial charge in [-0.1, -0.05) is 30.3 Å². The number of amides is 1. The average Bonchev–Trinajstić information content (AvgIpc) is 3.12. The third-order valence-corrected chi connectivity index (χ3v) is 4.91. The van der Waals surface area contributed by atoms with E-state index in [4.69, 9.17) is 4.98 Å². The first-order chi connectivity index (χ1) is 13.1. The highest BCUT2D eigenvalue weighted by molar-refractivity contribution is 6.06. The molecule has 1 amide bonds. The lowest BCUT2D eigenvalue weighted by molar-refractivity contribution is 0.101. The molecule has 2 aromatic carbocycles. The van der Waals surface area contributed by atoms with Crippen LogP contribution in [0.1, 0.15) is 46.3 Å². The molecule has 2 heterocycles. The first kappa shape index (κ1) is 17.2. The van der Waals surface area contributed by atoms with Gasteiger partial charge < -0.3 is 9.88 Å². The van der Waals surface area contributed by atoms with E-state index in [1.54, 1.807) is 24.3 Å². The van der Waals surface area contributed by atoms with Crippen molar-refractivity contribution < 1.29 is 9.59 Å². The van der Waals surface area contributed by atoms with Crippen molar-refractivity contribution >= 4 is 17.4 Å². The number of nitrogens with one attached hydrogen (secondary N) is 1. The summed E-state index contributed by atoms with van der Waals surface area (Å²) in [5, 5.41) is 2.98. The summed E-state index contributed by atoms with van der Waals surface area (Å²) in [6, 6.07) is 14.4. The molecule has 0 bridgehead atoms. The molecule has 1 N–H and O–H groups in total. The van der Waals surface area contributed by atoms with Crippen molar-refractivity contribution in [3.8, 4) is 11.3 Å². The molecule has 0 aliphatic carbocycles. The minimum absolute atomic E-state index is 0.0175. The number of anilines is 1. The molecule has 0 fully saturated rings. The van der Waals surface area contributed by atoms with E-state index in [1.165, 1.54) is 19.8 Å². The third kappa shape index (κ3) is 3.53. The second kappa shape index (κ2) is 7.19. The number of aromatic nitrogens is 2. The summed E-state index contributed by atoms with van der Waals surface area (Å²) in [5.74, 6) is 0.884. The van der Waals surface area contributed by atoms with Gasteiger partial charge in [-0.15, -0.1) is 0 Å². The molecule has 1 aromatic heterocycles. The van der Waals surface area contributed by atoms with Gasteiger partial charge in [-0.25, -0.2) is 4.98 Å². The van der Waals surface area contributed by atoms with E-state index in [-0.39, 0.29) is 11.7 Å². The molecule has 0 unspecified atom stereocenters. The van der Waals surface area contributed by atoms with Crippen molar-refractivity contribution in [2.45, 2.75) is 32.7 Å². The molecule has 0 saturated carbocycles. The minimum atomic E-state index is -0.207. The molecule has 5 heteroatoms. The lowest BCUT2D eigenvalue weighted by Crippen LogP contribution is -2.12. The van der Waals surface area contributed by atoms with Crippen LogP contribution in [0.25, 0.3) is 11.3 Å². The highest BCUT2D eigenvalue weighted by Gasteiger charge is 2.16. The van der Waals surface area contributed by atoms with Crippen LogP contribution in [0.5, 0.6) is 0 Å². The Hall–Kier alpha value is -3.21. The Morgan fingerprint density at radius 2 is 1.74 bits per heavy atom. The van der Waals surface area contributed by atoms with Gasteiger partial charge in [-0.3, -0.25) is 9.59 Å². The van der Waals surface area contributed by atoms with E-state index < -0.39 is 0 Å². The van der Waals surface area contributed by atoms with E-state index in [9.17, 15) is 9.59 Å². The number of aryl methyl sites for hydroxylation is 2. The van der Waals surface area contributed by atoms with Gasteiger partial charge in [0.25, 0.3) is 5.91 Å². The summed E-state index contributed by atoms with van der Waals surface area (Å²) in [6.07, 6.45) is 5.42. The van der Waals surface area contributed by atoms with Crippen LogP contribution < -0.4 is 5.32 Å². The number of Topliss-reactive ketones (excluding diaryl/α,β-unsaturated/α-hetero) is 1. The largest absolute Gasteiger partial charge is 0.334 e. The number of benzene rings is 2. The zero-order valence-electron chi connectivity index (χ0n) is 15.2. The fraction of sp³-hybridized carbons (Fsp3) is 0.227. The highest BCUT2D eigenvalue weighted by Crippen LogP contribution is 2.29. The van der Waals surface area contributed by atoms with Crippen LogP contribution in [0.4, 0.5) is 5.69 Å². The topological polar surface area (TPSA) is 64.0 Å². The van der Waals surface area contributed by atoms with Crippen molar-refractivity contribution in [3.63, 3.8) is 0 Å². The molecule has 0 radical (unpaired) electrons. The number of fused-ring (bicyclic) bond motifs is 1. The molecule has 27 heavy (non-hydrogen) atoms. The van der Waals surface area contributed by atoms with Crippen LogP contribution in [0, 0.1) is 0 Å². The number of para-hydroxylation sites is 1. The van der Waals surface area contributed by atoms with E-state index >= 15 is 0 Å². The maximum absolute atomic E-state index is 12.7. The SMILES string of the molecule is CC(=O)c1ccc(C(=O)Nc2ccccc2-c2cn3c(n2)CCCC3)cc1. The van der Waals surface area contributed by atoms with Crippen molar-refractivity contribution in [3.05, 3.63) is 71.7 Å². The smallest absolute Gasteiger partial charge is 0.255 e. The second-order valence-corrected chi connectivity index (χ2v) is 6.83. The fourth-order valence-corrected chi connectivity index (χ4v) is 3.41. The minimum Gasteiger partial charge on any atom is -0.334 e. The van der Waals surface area contributed by atoms with Crippen LogP contribution in [0.2, 0.25) is 0 Å². The summed E-state index contributed by atoms with van der Waals surface area (Å²) in [4.78, 5) is 28.8. The van der Waals surface area contributed by atoms with Gasteiger partial charge in [-0.2, -0.15) is 0 Å². The number of rotatable bonds is 4. The van der Waals surface area contributed by atoms with Crippen molar-refractivity contribution in [1.82, 2.24) is 9.55 Å². The van der Waals surface area contributed by atoms with Crippen LogP contribution >= 0.6 is 0 Å². The predicted octanol–water partition coefficient (Wildman–Crippen LogP) is 4.34. The van der Waals surface area contributed by atoms with Crippen LogP contribution in [-0.2, 0) is 13.0 Å². The Balaban J connectivity index is 1.60. The molecule has 4 rings (SSSR count). The van der Waals surface area contributed by atoms with Gasteiger partial charge in [0.2, 0.25) is 0 Å². The van der Waals surface area contributed by atoms with Gasteiger partial charge in [0.1, 0.15) is 5.82 Å². The number of carbonyl (C=O) groups is 2. The Morgan fingerprint density at radius 1 is 1.00 bits per heavy atom. The van der Waals surface area contributed by atoms with Gasteiger partial charge >= 0.3 is 0 Å². The molecule has 5 nitrogen and oxygen atoms in total. The maximum Gasteiger partial charge on any atom is 0.255 e. The summed E-state index contributed by atoms with van der Waals surface area (Å²) in [5.41, 5.74) is 3.63. The second-order valence-electron chi connectivity index (χ2n) is 6.83. The number of hydrogen-bond donors (Lipinski definition) is 1. The lowest BCUT2D eigenvalue weighted by atomic mass is 10.1. The maximum atomic E-state index is 12.7. The first-order valence-corrected chi connectivity index (χ1v) is 9.19. The molecule has 1 aliphatic rings. The zero-order valence-corrected chi connectivity index (χ0v) is 15.2. The monoisotopic (exact) mass is 359 g/mol. The average molecular weight is 359 g/mol. The predicted molar refractivity (Wildman–Crippen MR) is 105 cm³/mol. The van der Waals surface area contributed by atoms with Crippen molar-refractivity contribution in [1.29, 1.82) is 0 Å². The number of carbonyl (C=O) groups excluding carboxylic acids is 2. The molecule has 0 spiro atoms. The van der Waals surface area contributed by atoms with E-state index in [1.807, 2.05) is 24.3 Å². The quantitative estimate of drug-likeness (QED) is 0.705. The Labute approximate surface area is 158 Å². The Kier molecular flexibility index (Phi) is 4.59. The highest BCUT2D eigenvalue weighted by atomic mass is 16.1. The normalized spacial score (nSPS) is 13.1. The molecule has 136 valence electrons. The van der Waals surface area contributed by atoms with Gasteiger partial charge in [-0.05, 0) is 38.0 Å². The van der Waals surface area contributed by atoms with E-state index in [2.05, 4.69) is 16.1 Å². The lowest BCUT2D eigenvalue weighted by Gasteiger charge is -2.11. The Morgan fingerprint density at radius 3 is 2.48 bits per heavy atom. The molecular weight excluding hydrogens is 338 g/mol. The number of nitrogens with zero attached hydrogens (tertiary/aromatic N) is 2. The summed E-state index contributed by atoms with van der Waals surface area (Å²) in [6.45, 7) is 2.51. The molecule has 0 saturated heterocycles.